The maximum absolute atomic E-state index is 8.51. The van der Waals surface area contributed by atoms with E-state index in [1.54, 1.807) is 13.8 Å². The van der Waals surface area contributed by atoms with E-state index in [1.165, 1.54) is 12.5 Å². The van der Waals surface area contributed by atoms with E-state index >= 15 is 0 Å². The number of hydrogen-bond acceptors (Lipinski definition) is 4. The molecule has 0 spiro atoms. The molecule has 2 N–H and O–H groups in total. The smallest absolute Gasteiger partial charge is 0.113 e. The van der Waals surface area contributed by atoms with Gasteiger partial charge in [-0.05, 0) is 13.8 Å². The van der Waals surface area contributed by atoms with E-state index in [-0.39, 0.29) is 0 Å². The minimum atomic E-state index is -0.391. The third-order valence-corrected chi connectivity index (χ3v) is 0.911. The van der Waals surface area contributed by atoms with Gasteiger partial charge in [-0.1, -0.05) is 13.2 Å². The average molecular weight is 204 g/mol. The van der Waals surface area contributed by atoms with Crippen molar-refractivity contribution < 1.29 is 19.7 Å². The highest BCUT2D eigenvalue weighted by atomic mass is 16.5. The maximum atomic E-state index is 8.51. The number of rotatable bonds is 6. The molecule has 2 atom stereocenters. The van der Waals surface area contributed by atoms with Gasteiger partial charge < -0.3 is 19.7 Å². The summed E-state index contributed by atoms with van der Waals surface area (Å²) in [5.41, 5.74) is 0. The molecule has 0 rings (SSSR count). The van der Waals surface area contributed by atoms with Gasteiger partial charge >= 0.3 is 0 Å². The first-order chi connectivity index (χ1) is 6.54. The third-order valence-electron chi connectivity index (χ3n) is 0.911. The van der Waals surface area contributed by atoms with E-state index < -0.39 is 12.2 Å². The van der Waals surface area contributed by atoms with Crippen molar-refractivity contribution in [2.24, 2.45) is 0 Å². The Balaban J connectivity index is 0. The number of aliphatic hydroxyl groups is 2. The normalized spacial score (nSPS) is 12.9. The average Bonchev–Trinajstić information content (AvgIpc) is 2.12. The van der Waals surface area contributed by atoms with Gasteiger partial charge in [-0.3, -0.25) is 0 Å². The number of hydrogen-bond donors (Lipinski definition) is 2. The van der Waals surface area contributed by atoms with Crippen LogP contribution in [0.25, 0.3) is 0 Å². The molecule has 0 radical (unpaired) electrons. The minimum absolute atomic E-state index is 0.337. The van der Waals surface area contributed by atoms with Crippen molar-refractivity contribution in [3.63, 3.8) is 0 Å². The third kappa shape index (κ3) is 22.4. The second-order valence-electron chi connectivity index (χ2n) is 2.70. The topological polar surface area (TPSA) is 58.9 Å². The summed E-state index contributed by atoms with van der Waals surface area (Å²) in [6.07, 6.45) is 1.84. The largest absolute Gasteiger partial charge is 0.499 e. The Kier molecular flexibility index (Phi) is 13.3. The molecule has 14 heavy (non-hydrogen) atoms. The first kappa shape index (κ1) is 15.5. The summed E-state index contributed by atoms with van der Waals surface area (Å²) < 4.78 is 9.22. The predicted octanol–water partition coefficient (Wildman–Crippen LogP) is 1.05. The molecular formula is C10H20O4. The van der Waals surface area contributed by atoms with Gasteiger partial charge in [-0.15, -0.1) is 0 Å². The molecule has 0 heterocycles. The van der Waals surface area contributed by atoms with Crippen molar-refractivity contribution >= 4 is 0 Å². The molecule has 0 saturated carbocycles. The van der Waals surface area contributed by atoms with Crippen LogP contribution in [0.2, 0.25) is 0 Å². The van der Waals surface area contributed by atoms with Crippen LogP contribution in [0.3, 0.4) is 0 Å². The quantitative estimate of drug-likeness (QED) is 0.635. The molecular weight excluding hydrogens is 184 g/mol. The molecule has 0 aliphatic heterocycles. The van der Waals surface area contributed by atoms with Crippen LogP contribution >= 0.6 is 0 Å². The molecule has 0 amide bonds. The molecule has 84 valence electrons. The van der Waals surface area contributed by atoms with Gasteiger partial charge in [0.05, 0.1) is 24.7 Å². The molecule has 0 aromatic rings. The first-order valence-electron chi connectivity index (χ1n) is 4.35. The number of ether oxygens (including phenoxy) is 2. The summed E-state index contributed by atoms with van der Waals surface area (Å²) in [5.74, 6) is 0. The van der Waals surface area contributed by atoms with E-state index in [0.29, 0.717) is 13.2 Å². The maximum Gasteiger partial charge on any atom is 0.113 e. The fraction of sp³-hybridized carbons (Fsp3) is 0.600. The monoisotopic (exact) mass is 204 g/mol. The van der Waals surface area contributed by atoms with E-state index in [0.717, 1.165) is 0 Å². The SMILES string of the molecule is C=COCC(C)O.C=COCC(C)O. The van der Waals surface area contributed by atoms with Crippen molar-refractivity contribution in [3.8, 4) is 0 Å². The van der Waals surface area contributed by atoms with Crippen LogP contribution in [0, 0.1) is 0 Å². The Labute approximate surface area is 85.5 Å². The fourth-order valence-electron chi connectivity index (χ4n) is 0.415. The Hall–Kier alpha value is -1.00. The first-order valence-corrected chi connectivity index (χ1v) is 4.35. The summed E-state index contributed by atoms with van der Waals surface area (Å²) in [7, 11) is 0. The zero-order valence-electron chi connectivity index (χ0n) is 8.85. The Bertz CT molecular complexity index is 116. The van der Waals surface area contributed by atoms with Crippen LogP contribution in [-0.4, -0.2) is 35.6 Å². The summed E-state index contributed by atoms with van der Waals surface area (Å²) >= 11 is 0. The van der Waals surface area contributed by atoms with E-state index in [2.05, 4.69) is 22.6 Å². The van der Waals surface area contributed by atoms with Crippen LogP contribution in [0.1, 0.15) is 13.8 Å². The van der Waals surface area contributed by atoms with Crippen LogP contribution in [0.15, 0.2) is 25.7 Å². The van der Waals surface area contributed by atoms with Gasteiger partial charge in [0, 0.05) is 0 Å². The summed E-state index contributed by atoms with van der Waals surface area (Å²) in [5, 5.41) is 17.0. The molecule has 0 saturated heterocycles. The second kappa shape index (κ2) is 12.0. The van der Waals surface area contributed by atoms with Crippen molar-refractivity contribution in [2.45, 2.75) is 26.1 Å². The Morgan fingerprint density at radius 2 is 1.29 bits per heavy atom. The zero-order chi connectivity index (χ0) is 11.4. The van der Waals surface area contributed by atoms with Gasteiger partial charge in [-0.25, -0.2) is 0 Å². The lowest BCUT2D eigenvalue weighted by molar-refractivity contribution is 0.0979. The van der Waals surface area contributed by atoms with Crippen molar-refractivity contribution in [3.05, 3.63) is 25.7 Å². The van der Waals surface area contributed by atoms with Gasteiger partial charge in [0.1, 0.15) is 13.2 Å². The van der Waals surface area contributed by atoms with Crippen LogP contribution in [-0.2, 0) is 9.47 Å². The van der Waals surface area contributed by atoms with Gasteiger partial charge in [0.2, 0.25) is 0 Å². The van der Waals surface area contributed by atoms with Crippen LogP contribution in [0.5, 0.6) is 0 Å². The van der Waals surface area contributed by atoms with E-state index in [9.17, 15) is 0 Å². The second-order valence-corrected chi connectivity index (χ2v) is 2.70. The zero-order valence-corrected chi connectivity index (χ0v) is 8.85. The molecule has 0 fully saturated rings. The molecule has 0 aromatic carbocycles. The van der Waals surface area contributed by atoms with Crippen LogP contribution in [0.4, 0.5) is 0 Å². The molecule has 0 aliphatic rings. The van der Waals surface area contributed by atoms with E-state index in [4.69, 9.17) is 10.2 Å². The molecule has 2 unspecified atom stereocenters. The van der Waals surface area contributed by atoms with E-state index in [1.807, 2.05) is 0 Å². The standard InChI is InChI=1S/2C5H10O2/c2*1-3-7-4-5(2)6/h2*3,5-6H,1,4H2,2H3. The van der Waals surface area contributed by atoms with Crippen molar-refractivity contribution in [1.82, 2.24) is 0 Å². The Morgan fingerprint density at radius 1 is 1.00 bits per heavy atom. The lowest BCUT2D eigenvalue weighted by Crippen LogP contribution is -2.06. The van der Waals surface area contributed by atoms with Crippen LogP contribution < -0.4 is 0 Å². The molecule has 0 bridgehead atoms. The molecule has 0 aliphatic carbocycles. The molecule has 4 heteroatoms. The van der Waals surface area contributed by atoms with Crippen molar-refractivity contribution in [2.75, 3.05) is 13.2 Å². The highest BCUT2D eigenvalue weighted by molar-refractivity contribution is 4.51. The molecule has 0 aromatic heterocycles. The summed E-state index contributed by atoms with van der Waals surface area (Å²) in [4.78, 5) is 0. The van der Waals surface area contributed by atoms with Gasteiger partial charge in [0.25, 0.3) is 0 Å². The minimum Gasteiger partial charge on any atom is -0.499 e. The highest BCUT2D eigenvalue weighted by Crippen LogP contribution is 1.80. The fourth-order valence-corrected chi connectivity index (χ4v) is 0.415. The Morgan fingerprint density at radius 3 is 1.36 bits per heavy atom. The lowest BCUT2D eigenvalue weighted by atomic mass is 10.5. The van der Waals surface area contributed by atoms with Crippen molar-refractivity contribution in [1.29, 1.82) is 0 Å². The highest BCUT2D eigenvalue weighted by Gasteiger charge is 1.89. The lowest BCUT2D eigenvalue weighted by Gasteiger charge is -2.00. The van der Waals surface area contributed by atoms with Gasteiger partial charge in [0.15, 0.2) is 0 Å². The predicted molar refractivity (Wildman–Crippen MR) is 55.7 cm³/mol. The summed E-state index contributed by atoms with van der Waals surface area (Å²) in [6.45, 7) is 10.6. The summed E-state index contributed by atoms with van der Waals surface area (Å²) in [6, 6.07) is 0. The van der Waals surface area contributed by atoms with Gasteiger partial charge in [-0.2, -0.15) is 0 Å². The molecule has 4 nitrogen and oxygen atoms in total. The number of aliphatic hydroxyl groups excluding tert-OH is 2.